The third-order valence-electron chi connectivity index (χ3n) is 1.76. The summed E-state index contributed by atoms with van der Waals surface area (Å²) in [4.78, 5) is 12.6. The maximum absolute atomic E-state index is 11.0. The Labute approximate surface area is 93.6 Å². The molecule has 0 saturated carbocycles. The lowest BCUT2D eigenvalue weighted by Gasteiger charge is -2.12. The van der Waals surface area contributed by atoms with Crippen LogP contribution in [0.1, 0.15) is 15.9 Å². The summed E-state index contributed by atoms with van der Waals surface area (Å²) in [7, 11) is 0. The molecule has 2 aliphatic carbocycles. The van der Waals surface area contributed by atoms with Crippen molar-refractivity contribution in [3.63, 3.8) is 0 Å². The van der Waals surface area contributed by atoms with Crippen LogP contribution in [0.15, 0.2) is 23.2 Å². The van der Waals surface area contributed by atoms with E-state index >= 15 is 0 Å². The normalized spacial score (nSPS) is 12.1. The number of nitrogens with zero attached hydrogens (tertiary/aromatic N) is 1. The molecule has 8 heteroatoms. The van der Waals surface area contributed by atoms with E-state index in [0.717, 1.165) is 0 Å². The molecule has 17 heavy (non-hydrogen) atoms. The highest BCUT2D eigenvalue weighted by molar-refractivity contribution is 6.17. The maximum atomic E-state index is 11.0. The van der Waals surface area contributed by atoms with Crippen LogP contribution in [0.3, 0.4) is 0 Å². The van der Waals surface area contributed by atoms with Gasteiger partial charge in [0.25, 0.3) is 0 Å². The predicted molar refractivity (Wildman–Crippen MR) is 53.4 cm³/mol. The van der Waals surface area contributed by atoms with Gasteiger partial charge in [0.2, 0.25) is 0 Å². The zero-order chi connectivity index (χ0) is 13.2. The van der Waals surface area contributed by atoms with Gasteiger partial charge in [-0.05, 0) is 18.2 Å². The fourth-order valence-corrected chi connectivity index (χ4v) is 1.08. The molecule has 2 aliphatic rings. The van der Waals surface area contributed by atoms with Crippen molar-refractivity contribution < 1.29 is 23.1 Å². The molecule has 0 amide bonds. The van der Waals surface area contributed by atoms with Crippen LogP contribution in [-0.2, 0) is 0 Å². The van der Waals surface area contributed by atoms with Crippen LogP contribution in [0.4, 0.5) is 13.2 Å². The molecule has 2 bridgehead atoms. The van der Waals surface area contributed by atoms with Crippen molar-refractivity contribution in [3.05, 3.63) is 29.3 Å². The highest BCUT2D eigenvalue weighted by Gasteiger charge is 2.26. The van der Waals surface area contributed by atoms with Crippen LogP contribution >= 0.6 is 0 Å². The summed E-state index contributed by atoms with van der Waals surface area (Å²) in [6, 6.07) is 4.83. The minimum absolute atomic E-state index is 0.0324. The summed E-state index contributed by atoms with van der Waals surface area (Å²) in [6.45, 7) is 0. The second-order valence-corrected chi connectivity index (χ2v) is 3.07. The van der Waals surface area contributed by atoms with Crippen molar-refractivity contribution >= 4 is 11.7 Å². The quantitative estimate of drug-likeness (QED) is 0.362. The van der Waals surface area contributed by atoms with E-state index in [4.69, 9.17) is 5.11 Å². The van der Waals surface area contributed by atoms with E-state index in [9.17, 15) is 18.0 Å². The number of benzene rings is 1. The lowest BCUT2D eigenvalue weighted by Crippen LogP contribution is -2.26. The molecular weight excluding hydrogens is 239 g/mol. The number of carbonyl (C=O) groups is 1. The molecule has 0 spiro atoms. The second-order valence-electron chi connectivity index (χ2n) is 3.07. The summed E-state index contributed by atoms with van der Waals surface area (Å²) in [5, 5.41) is 8.91. The van der Waals surface area contributed by atoms with E-state index in [1.807, 2.05) is 4.99 Å². The summed E-state index contributed by atoms with van der Waals surface area (Å²) in [5.74, 6) is -0.914. The number of rotatable bonds is 0. The Kier molecular flexibility index (Phi) is 3.26. The zero-order valence-corrected chi connectivity index (χ0v) is 8.32. The Morgan fingerprint density at radius 1 is 1.29 bits per heavy atom. The number of halogens is 3. The summed E-state index contributed by atoms with van der Waals surface area (Å²) < 4.78 is 32.9. The first kappa shape index (κ1) is 12.8. The van der Waals surface area contributed by atoms with E-state index in [0.29, 0.717) is 11.1 Å². The highest BCUT2D eigenvalue weighted by Crippen LogP contribution is 2.29. The second kappa shape index (κ2) is 4.32. The number of aromatic hydroxyl groups is 1. The van der Waals surface area contributed by atoms with Crippen LogP contribution < -0.4 is 11.5 Å². The van der Waals surface area contributed by atoms with Gasteiger partial charge in [0.1, 0.15) is 5.75 Å². The Balaban J connectivity index is 0.000000172. The van der Waals surface area contributed by atoms with Crippen LogP contribution in [0.25, 0.3) is 0 Å². The number of fused-ring (bicyclic) bond motifs is 2. The molecule has 5 N–H and O–H groups in total. The Hall–Kier alpha value is -2.25. The van der Waals surface area contributed by atoms with Gasteiger partial charge >= 0.3 is 6.30 Å². The lowest BCUT2D eigenvalue weighted by atomic mass is 9.91. The standard InChI is InChI=1S/C7H4O2.C2H4F3N3/c8-6-2-1-4-3-5(6)7(4)9;3-2(4,5)8-1(6)7/h1-3,8H;(H4,6,7,8). The monoisotopic (exact) mass is 247 g/mol. The molecule has 0 atom stereocenters. The first-order valence-electron chi connectivity index (χ1n) is 4.26. The van der Waals surface area contributed by atoms with Crippen molar-refractivity contribution in [3.8, 4) is 5.75 Å². The van der Waals surface area contributed by atoms with Crippen molar-refractivity contribution in [1.29, 1.82) is 0 Å². The molecule has 1 aromatic carbocycles. The fourth-order valence-electron chi connectivity index (χ4n) is 1.08. The minimum Gasteiger partial charge on any atom is -0.507 e. The van der Waals surface area contributed by atoms with Crippen LogP contribution in [0, 0.1) is 0 Å². The molecular formula is C9H8F3N3O2. The number of alkyl halides is 3. The summed E-state index contributed by atoms with van der Waals surface area (Å²) in [5.41, 5.74) is 9.92. The summed E-state index contributed by atoms with van der Waals surface area (Å²) in [6.07, 6.45) is -4.64. The van der Waals surface area contributed by atoms with Gasteiger partial charge in [-0.25, -0.2) is 0 Å². The van der Waals surface area contributed by atoms with Crippen LogP contribution in [-0.4, -0.2) is 23.1 Å². The number of aliphatic imine (C=N–C) groups is 1. The van der Waals surface area contributed by atoms with Crippen LogP contribution in [0.2, 0.25) is 0 Å². The zero-order valence-electron chi connectivity index (χ0n) is 8.32. The minimum atomic E-state index is -4.64. The van der Waals surface area contributed by atoms with Crippen molar-refractivity contribution in [2.75, 3.05) is 0 Å². The van der Waals surface area contributed by atoms with Gasteiger partial charge in [-0.2, -0.15) is 4.99 Å². The van der Waals surface area contributed by atoms with E-state index in [2.05, 4.69) is 11.5 Å². The molecule has 0 aromatic heterocycles. The molecule has 0 unspecified atom stereocenters. The third-order valence-corrected chi connectivity index (χ3v) is 1.76. The first-order valence-corrected chi connectivity index (χ1v) is 4.26. The number of ketones is 1. The molecule has 3 rings (SSSR count). The molecule has 0 heterocycles. The number of phenols is 1. The lowest BCUT2D eigenvalue weighted by molar-refractivity contribution is -0.119. The SMILES string of the molecule is NC(N)=NC(F)(F)F.O=C1c2ccc(O)c1c2. The van der Waals surface area contributed by atoms with Crippen molar-refractivity contribution in [2.45, 2.75) is 6.30 Å². The van der Waals surface area contributed by atoms with Gasteiger partial charge < -0.3 is 16.6 Å². The van der Waals surface area contributed by atoms with Crippen molar-refractivity contribution in [1.82, 2.24) is 0 Å². The molecule has 5 nitrogen and oxygen atoms in total. The molecule has 92 valence electrons. The molecule has 0 fully saturated rings. The number of hydrogen-bond donors (Lipinski definition) is 3. The molecule has 1 aromatic rings. The molecule has 0 saturated heterocycles. The average molecular weight is 247 g/mol. The van der Waals surface area contributed by atoms with E-state index < -0.39 is 12.3 Å². The number of phenolic OH excluding ortho intramolecular Hbond substituents is 1. The van der Waals surface area contributed by atoms with Crippen LogP contribution in [0.5, 0.6) is 5.75 Å². The van der Waals surface area contributed by atoms with Gasteiger partial charge in [-0.3, -0.25) is 4.79 Å². The maximum Gasteiger partial charge on any atom is 0.506 e. The Morgan fingerprint density at radius 2 is 1.88 bits per heavy atom. The number of hydrogen-bond acceptors (Lipinski definition) is 3. The average Bonchev–Trinajstić information content (AvgIpc) is 2.13. The topological polar surface area (TPSA) is 102 Å². The van der Waals surface area contributed by atoms with E-state index in [1.54, 1.807) is 12.1 Å². The Bertz CT molecular complexity index is 475. The predicted octanol–water partition coefficient (Wildman–Crippen LogP) is 0.716. The highest BCUT2D eigenvalue weighted by atomic mass is 19.4. The van der Waals surface area contributed by atoms with Gasteiger partial charge in [-0.15, -0.1) is 13.2 Å². The van der Waals surface area contributed by atoms with Gasteiger partial charge in [0.15, 0.2) is 11.7 Å². The van der Waals surface area contributed by atoms with Crippen molar-refractivity contribution in [2.24, 2.45) is 16.5 Å². The van der Waals surface area contributed by atoms with Gasteiger partial charge in [-0.1, -0.05) is 0 Å². The molecule has 0 radical (unpaired) electrons. The number of carbonyl (C=O) groups excluding carboxylic acids is 1. The smallest absolute Gasteiger partial charge is 0.506 e. The van der Waals surface area contributed by atoms with E-state index in [1.165, 1.54) is 6.07 Å². The fraction of sp³-hybridized carbons (Fsp3) is 0.111. The number of nitrogens with two attached hydrogens (primary N) is 2. The van der Waals surface area contributed by atoms with E-state index in [-0.39, 0.29) is 11.5 Å². The Morgan fingerprint density at radius 3 is 2.06 bits per heavy atom. The van der Waals surface area contributed by atoms with Gasteiger partial charge in [0, 0.05) is 5.56 Å². The largest absolute Gasteiger partial charge is 0.507 e. The number of guanidine groups is 1. The summed E-state index contributed by atoms with van der Waals surface area (Å²) >= 11 is 0. The third kappa shape index (κ3) is 3.37. The molecule has 0 aliphatic heterocycles. The first-order chi connectivity index (χ1) is 7.70. The van der Waals surface area contributed by atoms with Gasteiger partial charge in [0.05, 0.1) is 5.56 Å².